The van der Waals surface area contributed by atoms with Crippen LogP contribution >= 0.6 is 11.8 Å². The fraction of sp³-hybridized carbons (Fsp3) is 0.400. The highest BCUT2D eigenvalue weighted by Crippen LogP contribution is 2.28. The molecule has 1 aromatic heterocycles. The van der Waals surface area contributed by atoms with Gasteiger partial charge in [-0.15, -0.1) is 10.2 Å². The molecule has 0 amide bonds. The molecule has 0 spiro atoms. The van der Waals surface area contributed by atoms with Gasteiger partial charge in [0.1, 0.15) is 5.75 Å². The number of aryl methyl sites for hydroxylation is 2. The molecule has 0 aliphatic carbocycles. The van der Waals surface area contributed by atoms with E-state index in [1.807, 2.05) is 37.5 Å². The Hall–Kier alpha value is -2.87. The van der Waals surface area contributed by atoms with E-state index in [1.165, 1.54) is 17.8 Å². The third kappa shape index (κ3) is 5.93. The van der Waals surface area contributed by atoms with Crippen molar-refractivity contribution < 1.29 is 18.7 Å². The van der Waals surface area contributed by atoms with Crippen LogP contribution in [0.2, 0.25) is 0 Å². The van der Waals surface area contributed by atoms with Crippen molar-refractivity contribution in [3.05, 3.63) is 64.7 Å². The predicted octanol–water partition coefficient (Wildman–Crippen LogP) is 5.81. The van der Waals surface area contributed by atoms with Crippen LogP contribution in [0.1, 0.15) is 54.2 Å². The van der Waals surface area contributed by atoms with Gasteiger partial charge in [-0.25, -0.2) is 4.39 Å². The molecule has 33 heavy (non-hydrogen) atoms. The Morgan fingerprint density at radius 1 is 1.09 bits per heavy atom. The van der Waals surface area contributed by atoms with Crippen LogP contribution in [0.5, 0.6) is 11.5 Å². The Labute approximate surface area is 198 Å². The SMILES string of the molecule is COc1cc(C)c(C(=O)CSc2nnc(C(C)Oc3ccccc3F)n2CC(C)C)cc1C. The maximum absolute atomic E-state index is 14.0. The fourth-order valence-corrected chi connectivity index (χ4v) is 4.38. The van der Waals surface area contributed by atoms with Crippen LogP contribution in [0.3, 0.4) is 0 Å². The number of thioether (sulfide) groups is 1. The van der Waals surface area contributed by atoms with E-state index >= 15 is 0 Å². The number of para-hydroxylation sites is 1. The molecular formula is C25H30FN3O3S. The van der Waals surface area contributed by atoms with E-state index in [1.54, 1.807) is 25.3 Å². The zero-order valence-electron chi connectivity index (χ0n) is 19.9. The van der Waals surface area contributed by atoms with Gasteiger partial charge < -0.3 is 14.0 Å². The summed E-state index contributed by atoms with van der Waals surface area (Å²) in [6.45, 7) is 10.5. The summed E-state index contributed by atoms with van der Waals surface area (Å²) in [4.78, 5) is 13.0. The van der Waals surface area contributed by atoms with E-state index in [-0.39, 0.29) is 17.3 Å². The van der Waals surface area contributed by atoms with Crippen molar-refractivity contribution in [2.75, 3.05) is 12.9 Å². The molecule has 176 valence electrons. The van der Waals surface area contributed by atoms with Gasteiger partial charge >= 0.3 is 0 Å². The normalized spacial score (nSPS) is 12.1. The maximum Gasteiger partial charge on any atom is 0.191 e. The molecule has 0 N–H and O–H groups in total. The van der Waals surface area contributed by atoms with Crippen LogP contribution in [-0.4, -0.2) is 33.4 Å². The van der Waals surface area contributed by atoms with E-state index in [0.717, 1.165) is 16.9 Å². The number of rotatable bonds is 10. The molecule has 0 saturated heterocycles. The van der Waals surface area contributed by atoms with Crippen LogP contribution in [0.15, 0.2) is 41.6 Å². The lowest BCUT2D eigenvalue weighted by molar-refractivity contribution is 0.102. The first-order valence-electron chi connectivity index (χ1n) is 10.9. The van der Waals surface area contributed by atoms with Gasteiger partial charge in [0.15, 0.2) is 34.4 Å². The van der Waals surface area contributed by atoms with E-state index in [0.29, 0.717) is 29.0 Å². The lowest BCUT2D eigenvalue weighted by Gasteiger charge is -2.18. The van der Waals surface area contributed by atoms with Gasteiger partial charge in [0, 0.05) is 12.1 Å². The second kappa shape index (κ2) is 10.8. The van der Waals surface area contributed by atoms with Gasteiger partial charge in [0.2, 0.25) is 0 Å². The fourth-order valence-electron chi connectivity index (χ4n) is 3.55. The van der Waals surface area contributed by atoms with E-state index in [4.69, 9.17) is 9.47 Å². The van der Waals surface area contributed by atoms with Crippen molar-refractivity contribution in [2.24, 2.45) is 5.92 Å². The number of hydrogen-bond acceptors (Lipinski definition) is 6. The predicted molar refractivity (Wildman–Crippen MR) is 128 cm³/mol. The van der Waals surface area contributed by atoms with E-state index in [9.17, 15) is 9.18 Å². The molecule has 0 bridgehead atoms. The Balaban J connectivity index is 1.79. The first-order valence-corrected chi connectivity index (χ1v) is 11.8. The smallest absolute Gasteiger partial charge is 0.191 e. The van der Waals surface area contributed by atoms with Crippen molar-refractivity contribution in [1.82, 2.24) is 14.8 Å². The average molecular weight is 472 g/mol. The van der Waals surface area contributed by atoms with Crippen molar-refractivity contribution >= 4 is 17.5 Å². The first kappa shape index (κ1) is 24.8. The number of carbonyl (C=O) groups is 1. The minimum absolute atomic E-state index is 0.0135. The number of nitrogens with zero attached hydrogens (tertiary/aromatic N) is 3. The Morgan fingerprint density at radius 3 is 2.48 bits per heavy atom. The van der Waals surface area contributed by atoms with Crippen molar-refractivity contribution in [2.45, 2.75) is 52.4 Å². The molecule has 3 aromatic rings. The standard InChI is InChI=1S/C25H30FN3O3S/c1-15(2)13-29-24(18(5)32-22-10-8-7-9-20(22)26)27-28-25(29)33-14-21(30)19-11-17(4)23(31-6)12-16(19)3/h7-12,15,18H,13-14H2,1-6H3. The molecule has 0 radical (unpaired) electrons. The number of benzene rings is 2. The molecule has 2 aromatic carbocycles. The zero-order valence-corrected chi connectivity index (χ0v) is 20.7. The van der Waals surface area contributed by atoms with Crippen LogP contribution in [0.4, 0.5) is 4.39 Å². The Kier molecular flexibility index (Phi) is 8.13. The molecule has 0 aliphatic rings. The molecule has 1 heterocycles. The minimum Gasteiger partial charge on any atom is -0.496 e. The average Bonchev–Trinajstić information content (AvgIpc) is 3.16. The largest absolute Gasteiger partial charge is 0.496 e. The van der Waals surface area contributed by atoms with Gasteiger partial charge in [-0.1, -0.05) is 37.7 Å². The van der Waals surface area contributed by atoms with Crippen molar-refractivity contribution in [3.63, 3.8) is 0 Å². The van der Waals surface area contributed by atoms with E-state index < -0.39 is 11.9 Å². The lowest BCUT2D eigenvalue weighted by atomic mass is 10.0. The molecular weight excluding hydrogens is 441 g/mol. The number of aromatic nitrogens is 3. The number of halogens is 1. The number of methoxy groups -OCH3 is 1. The van der Waals surface area contributed by atoms with Crippen LogP contribution < -0.4 is 9.47 Å². The molecule has 1 unspecified atom stereocenters. The van der Waals surface area contributed by atoms with Crippen LogP contribution in [0.25, 0.3) is 0 Å². The van der Waals surface area contributed by atoms with Gasteiger partial charge in [0.25, 0.3) is 0 Å². The Morgan fingerprint density at radius 2 is 1.82 bits per heavy atom. The monoisotopic (exact) mass is 471 g/mol. The number of Topliss-reactive ketones (excluding diaryl/α,β-unsaturated/α-hetero) is 1. The zero-order chi connectivity index (χ0) is 24.1. The lowest BCUT2D eigenvalue weighted by Crippen LogP contribution is -2.16. The molecule has 0 saturated carbocycles. The topological polar surface area (TPSA) is 66.2 Å². The summed E-state index contributed by atoms with van der Waals surface area (Å²) in [6, 6.07) is 10.0. The van der Waals surface area contributed by atoms with Gasteiger partial charge in [-0.3, -0.25) is 4.79 Å². The van der Waals surface area contributed by atoms with E-state index in [2.05, 4.69) is 24.0 Å². The molecule has 0 aliphatic heterocycles. The maximum atomic E-state index is 14.0. The highest BCUT2D eigenvalue weighted by Gasteiger charge is 2.22. The summed E-state index contributed by atoms with van der Waals surface area (Å²) in [5.41, 5.74) is 2.47. The van der Waals surface area contributed by atoms with Crippen molar-refractivity contribution in [3.8, 4) is 11.5 Å². The second-order valence-corrected chi connectivity index (χ2v) is 9.33. The number of hydrogen-bond donors (Lipinski definition) is 0. The highest BCUT2D eigenvalue weighted by atomic mass is 32.2. The third-order valence-electron chi connectivity index (χ3n) is 5.17. The summed E-state index contributed by atoms with van der Waals surface area (Å²) in [6.07, 6.45) is -0.510. The number of carbonyl (C=O) groups excluding carboxylic acids is 1. The van der Waals surface area contributed by atoms with Crippen LogP contribution in [-0.2, 0) is 6.54 Å². The summed E-state index contributed by atoms with van der Waals surface area (Å²) < 4.78 is 27.2. The number of ether oxygens (including phenoxy) is 2. The third-order valence-corrected chi connectivity index (χ3v) is 6.14. The highest BCUT2D eigenvalue weighted by molar-refractivity contribution is 7.99. The molecule has 6 nitrogen and oxygen atoms in total. The minimum atomic E-state index is -0.510. The van der Waals surface area contributed by atoms with Crippen LogP contribution in [0, 0.1) is 25.6 Å². The summed E-state index contributed by atoms with van der Waals surface area (Å²) >= 11 is 1.34. The second-order valence-electron chi connectivity index (χ2n) is 8.38. The van der Waals surface area contributed by atoms with Gasteiger partial charge in [-0.05, 0) is 62.1 Å². The van der Waals surface area contributed by atoms with Gasteiger partial charge in [-0.2, -0.15) is 0 Å². The molecule has 8 heteroatoms. The summed E-state index contributed by atoms with van der Waals surface area (Å²) in [5.74, 6) is 1.66. The molecule has 3 rings (SSSR count). The summed E-state index contributed by atoms with van der Waals surface area (Å²) in [7, 11) is 1.62. The quantitative estimate of drug-likeness (QED) is 0.274. The molecule has 1 atom stereocenters. The molecule has 0 fully saturated rings. The Bertz CT molecular complexity index is 1130. The van der Waals surface area contributed by atoms with Gasteiger partial charge in [0.05, 0.1) is 12.9 Å². The number of ketones is 1. The van der Waals surface area contributed by atoms with Crippen molar-refractivity contribution in [1.29, 1.82) is 0 Å². The summed E-state index contributed by atoms with van der Waals surface area (Å²) in [5, 5.41) is 9.27. The first-order chi connectivity index (χ1) is 15.7.